The average molecular weight is 347 g/mol. The number of carbonyl (C=O) groups excluding carboxylic acids is 1. The Morgan fingerprint density at radius 3 is 2.83 bits per heavy atom. The van der Waals surface area contributed by atoms with Crippen molar-refractivity contribution in [3.8, 4) is 11.4 Å². The van der Waals surface area contributed by atoms with Gasteiger partial charge in [-0.05, 0) is 36.6 Å². The number of benzene rings is 1. The van der Waals surface area contributed by atoms with E-state index in [1.54, 1.807) is 0 Å². The highest BCUT2D eigenvalue weighted by atomic mass is 35.5. The van der Waals surface area contributed by atoms with E-state index in [4.69, 9.17) is 11.6 Å². The van der Waals surface area contributed by atoms with E-state index in [2.05, 4.69) is 34.0 Å². The number of carbonyl (C=O) groups is 1. The smallest absolute Gasteiger partial charge is 0.271 e. The van der Waals surface area contributed by atoms with Crippen molar-refractivity contribution in [3.63, 3.8) is 0 Å². The molecule has 0 radical (unpaired) electrons. The largest absolute Gasteiger partial charge is 0.351 e. The standard InChI is InChI=1S/C18H23ClN4O/c1-12(2)7-8-21-18(24)16-15-11-20-9-10-23(15)17(22-16)13-3-5-14(19)6-4-13/h3-6,12,20H,7-11H2,1-2H3,(H,21,24). The average Bonchev–Trinajstić information content (AvgIpc) is 2.95. The quantitative estimate of drug-likeness (QED) is 0.874. The first-order valence-corrected chi connectivity index (χ1v) is 8.78. The van der Waals surface area contributed by atoms with Crippen LogP contribution in [0.25, 0.3) is 11.4 Å². The Bertz CT molecular complexity index is 721. The van der Waals surface area contributed by atoms with E-state index in [1.165, 1.54) is 0 Å². The lowest BCUT2D eigenvalue weighted by Crippen LogP contribution is -2.31. The molecule has 0 bridgehead atoms. The molecule has 0 atom stereocenters. The van der Waals surface area contributed by atoms with Crippen molar-refractivity contribution in [1.82, 2.24) is 20.2 Å². The summed E-state index contributed by atoms with van der Waals surface area (Å²) in [6, 6.07) is 7.59. The minimum Gasteiger partial charge on any atom is -0.351 e. The summed E-state index contributed by atoms with van der Waals surface area (Å²) >= 11 is 5.98. The van der Waals surface area contributed by atoms with Crippen LogP contribution in [0, 0.1) is 5.92 Å². The fourth-order valence-corrected chi connectivity index (χ4v) is 2.99. The van der Waals surface area contributed by atoms with E-state index in [9.17, 15) is 4.79 Å². The molecule has 1 aromatic carbocycles. The molecule has 0 aliphatic carbocycles. The highest BCUT2D eigenvalue weighted by molar-refractivity contribution is 6.30. The van der Waals surface area contributed by atoms with Crippen molar-refractivity contribution in [2.75, 3.05) is 13.1 Å². The van der Waals surface area contributed by atoms with Crippen LogP contribution in [0.3, 0.4) is 0 Å². The van der Waals surface area contributed by atoms with Crippen LogP contribution < -0.4 is 10.6 Å². The Labute approximate surface area is 147 Å². The molecule has 1 aliphatic rings. The molecule has 6 heteroatoms. The van der Waals surface area contributed by atoms with Crippen LogP contribution in [0.1, 0.15) is 36.5 Å². The topological polar surface area (TPSA) is 59.0 Å². The van der Waals surface area contributed by atoms with E-state index < -0.39 is 0 Å². The molecule has 1 aliphatic heterocycles. The summed E-state index contributed by atoms with van der Waals surface area (Å²) in [5.74, 6) is 1.30. The zero-order chi connectivity index (χ0) is 17.1. The van der Waals surface area contributed by atoms with Gasteiger partial charge in [0.05, 0.1) is 5.69 Å². The minimum absolute atomic E-state index is 0.0942. The zero-order valence-corrected chi connectivity index (χ0v) is 14.9. The van der Waals surface area contributed by atoms with Crippen LogP contribution in [0.5, 0.6) is 0 Å². The minimum atomic E-state index is -0.0942. The van der Waals surface area contributed by atoms with Gasteiger partial charge in [0.15, 0.2) is 5.69 Å². The lowest BCUT2D eigenvalue weighted by atomic mass is 10.1. The Kier molecular flexibility index (Phi) is 5.21. The third-order valence-corrected chi connectivity index (χ3v) is 4.45. The highest BCUT2D eigenvalue weighted by Crippen LogP contribution is 2.25. The summed E-state index contributed by atoms with van der Waals surface area (Å²) in [5, 5.41) is 7.01. The van der Waals surface area contributed by atoms with Gasteiger partial charge in [0.2, 0.25) is 0 Å². The molecule has 2 heterocycles. The highest BCUT2D eigenvalue weighted by Gasteiger charge is 2.24. The third-order valence-electron chi connectivity index (χ3n) is 4.20. The summed E-state index contributed by atoms with van der Waals surface area (Å²) in [5.41, 5.74) is 2.45. The molecule has 24 heavy (non-hydrogen) atoms. The molecule has 0 saturated heterocycles. The van der Waals surface area contributed by atoms with Crippen molar-refractivity contribution >= 4 is 17.5 Å². The molecule has 1 amide bonds. The number of nitrogens with one attached hydrogen (secondary N) is 2. The van der Waals surface area contributed by atoms with E-state index in [-0.39, 0.29) is 5.91 Å². The number of hydrogen-bond donors (Lipinski definition) is 2. The van der Waals surface area contributed by atoms with Crippen LogP contribution in [0.2, 0.25) is 5.02 Å². The number of rotatable bonds is 5. The molecule has 2 aromatic rings. The van der Waals surface area contributed by atoms with Gasteiger partial charge in [-0.3, -0.25) is 4.79 Å². The Hall–Kier alpha value is -1.85. The second-order valence-corrected chi connectivity index (χ2v) is 6.94. The van der Waals surface area contributed by atoms with Crippen LogP contribution in [-0.2, 0) is 13.1 Å². The van der Waals surface area contributed by atoms with E-state index >= 15 is 0 Å². The predicted octanol–water partition coefficient (Wildman–Crippen LogP) is 3.08. The molecular formula is C18H23ClN4O. The summed E-state index contributed by atoms with van der Waals surface area (Å²) in [4.78, 5) is 17.2. The van der Waals surface area contributed by atoms with Crippen LogP contribution >= 0.6 is 11.6 Å². The molecule has 1 aromatic heterocycles. The fraction of sp³-hybridized carbons (Fsp3) is 0.444. The Morgan fingerprint density at radius 2 is 2.12 bits per heavy atom. The molecule has 0 fully saturated rings. The van der Waals surface area contributed by atoms with Crippen LogP contribution in [0.4, 0.5) is 0 Å². The second kappa shape index (κ2) is 7.36. The maximum atomic E-state index is 12.6. The van der Waals surface area contributed by atoms with Gasteiger partial charge in [0.1, 0.15) is 5.82 Å². The number of hydrogen-bond acceptors (Lipinski definition) is 3. The maximum Gasteiger partial charge on any atom is 0.271 e. The van der Waals surface area contributed by atoms with E-state index in [1.807, 2.05) is 24.3 Å². The van der Waals surface area contributed by atoms with Gasteiger partial charge in [-0.1, -0.05) is 25.4 Å². The maximum absolute atomic E-state index is 12.6. The van der Waals surface area contributed by atoms with Gasteiger partial charge < -0.3 is 15.2 Å². The van der Waals surface area contributed by atoms with Gasteiger partial charge >= 0.3 is 0 Å². The van der Waals surface area contributed by atoms with Crippen LogP contribution in [0.15, 0.2) is 24.3 Å². The lowest BCUT2D eigenvalue weighted by molar-refractivity contribution is 0.0946. The number of aromatic nitrogens is 2. The SMILES string of the molecule is CC(C)CCNC(=O)c1nc(-c2ccc(Cl)cc2)n2c1CNCC2. The molecular weight excluding hydrogens is 324 g/mol. The van der Waals surface area contributed by atoms with Gasteiger partial charge in [0.25, 0.3) is 5.91 Å². The summed E-state index contributed by atoms with van der Waals surface area (Å²) in [6.07, 6.45) is 0.962. The number of halogens is 1. The van der Waals surface area contributed by atoms with Gasteiger partial charge in [0, 0.05) is 36.8 Å². The first-order chi connectivity index (χ1) is 11.6. The third kappa shape index (κ3) is 3.62. The summed E-state index contributed by atoms with van der Waals surface area (Å²) in [7, 11) is 0. The van der Waals surface area contributed by atoms with Gasteiger partial charge in [-0.2, -0.15) is 0 Å². The molecule has 0 spiro atoms. The van der Waals surface area contributed by atoms with E-state index in [0.29, 0.717) is 29.7 Å². The molecule has 2 N–H and O–H groups in total. The van der Waals surface area contributed by atoms with Crippen molar-refractivity contribution in [2.24, 2.45) is 5.92 Å². The Morgan fingerprint density at radius 1 is 1.38 bits per heavy atom. The zero-order valence-electron chi connectivity index (χ0n) is 14.1. The number of imidazole rings is 1. The monoisotopic (exact) mass is 346 g/mol. The number of amides is 1. The number of nitrogens with zero attached hydrogens (tertiary/aromatic N) is 2. The van der Waals surface area contributed by atoms with Crippen molar-refractivity contribution in [1.29, 1.82) is 0 Å². The second-order valence-electron chi connectivity index (χ2n) is 6.50. The van der Waals surface area contributed by atoms with E-state index in [0.717, 1.165) is 36.6 Å². The van der Waals surface area contributed by atoms with Gasteiger partial charge in [-0.15, -0.1) is 0 Å². The molecule has 3 rings (SSSR count). The van der Waals surface area contributed by atoms with Gasteiger partial charge in [-0.25, -0.2) is 4.98 Å². The molecule has 5 nitrogen and oxygen atoms in total. The normalized spacial score (nSPS) is 13.8. The molecule has 0 saturated carbocycles. The van der Waals surface area contributed by atoms with Crippen molar-refractivity contribution in [2.45, 2.75) is 33.4 Å². The number of fused-ring (bicyclic) bond motifs is 1. The molecule has 128 valence electrons. The van der Waals surface area contributed by atoms with Crippen molar-refractivity contribution < 1.29 is 4.79 Å². The summed E-state index contributed by atoms with van der Waals surface area (Å²) in [6.45, 7) is 7.30. The predicted molar refractivity (Wildman–Crippen MR) is 96.2 cm³/mol. The Balaban J connectivity index is 1.90. The first kappa shape index (κ1) is 17.0. The van der Waals surface area contributed by atoms with Crippen molar-refractivity contribution in [3.05, 3.63) is 40.7 Å². The lowest BCUT2D eigenvalue weighted by Gasteiger charge is -2.18. The fourth-order valence-electron chi connectivity index (χ4n) is 2.86. The summed E-state index contributed by atoms with van der Waals surface area (Å²) < 4.78 is 2.14. The van der Waals surface area contributed by atoms with Crippen LogP contribution in [-0.4, -0.2) is 28.5 Å². The molecule has 0 unspecified atom stereocenters. The first-order valence-electron chi connectivity index (χ1n) is 8.40.